The maximum Gasteiger partial charge on any atom is 0.107 e. The molecule has 1 fully saturated rings. The Morgan fingerprint density at radius 3 is 2.61 bits per heavy atom. The van der Waals surface area contributed by atoms with Gasteiger partial charge in [-0.05, 0) is 13.1 Å². The van der Waals surface area contributed by atoms with Crippen molar-refractivity contribution in [1.82, 2.24) is 20.1 Å². The molecule has 1 aromatic heterocycles. The fourth-order valence-electron chi connectivity index (χ4n) is 2.21. The van der Waals surface area contributed by atoms with E-state index in [2.05, 4.69) is 39.3 Å². The number of nitrogens with zero attached hydrogens (tertiary/aromatic N) is 3. The Hall–Kier alpha value is -0.490. The Morgan fingerprint density at radius 1 is 1.22 bits per heavy atom. The monoisotopic (exact) mass is 268 g/mol. The van der Waals surface area contributed by atoms with Crippen LogP contribution in [0.25, 0.3) is 0 Å². The summed E-state index contributed by atoms with van der Waals surface area (Å²) in [6.45, 7) is 13.2. The van der Waals surface area contributed by atoms with Crippen molar-refractivity contribution in [3.05, 3.63) is 16.1 Å². The SMILES string of the molecule is CCNCc1csc(CN2CCN(CC)CC2)n1. The topological polar surface area (TPSA) is 31.4 Å². The van der Waals surface area contributed by atoms with Gasteiger partial charge in [-0.25, -0.2) is 4.98 Å². The van der Waals surface area contributed by atoms with Crippen molar-refractivity contribution in [2.45, 2.75) is 26.9 Å². The highest BCUT2D eigenvalue weighted by molar-refractivity contribution is 7.09. The predicted molar refractivity (Wildman–Crippen MR) is 76.9 cm³/mol. The van der Waals surface area contributed by atoms with Crippen LogP contribution < -0.4 is 5.32 Å². The van der Waals surface area contributed by atoms with Gasteiger partial charge in [0.1, 0.15) is 5.01 Å². The van der Waals surface area contributed by atoms with Crippen molar-refractivity contribution >= 4 is 11.3 Å². The van der Waals surface area contributed by atoms with E-state index in [9.17, 15) is 0 Å². The molecule has 0 bridgehead atoms. The molecule has 102 valence electrons. The Kier molecular flexibility index (Phi) is 5.56. The highest BCUT2D eigenvalue weighted by Crippen LogP contribution is 2.13. The second-order valence-corrected chi connectivity index (χ2v) is 5.67. The normalized spacial score (nSPS) is 18.3. The highest BCUT2D eigenvalue weighted by atomic mass is 32.1. The molecule has 0 atom stereocenters. The molecule has 1 saturated heterocycles. The van der Waals surface area contributed by atoms with Crippen LogP contribution in [0.3, 0.4) is 0 Å². The average Bonchev–Trinajstić information content (AvgIpc) is 2.85. The summed E-state index contributed by atoms with van der Waals surface area (Å²) < 4.78 is 0. The first-order valence-electron chi connectivity index (χ1n) is 6.90. The average molecular weight is 268 g/mol. The molecule has 1 N–H and O–H groups in total. The minimum atomic E-state index is 0.899. The fraction of sp³-hybridized carbons (Fsp3) is 0.769. The second-order valence-electron chi connectivity index (χ2n) is 4.72. The maximum atomic E-state index is 4.68. The molecule has 1 aromatic rings. The molecular formula is C13H24N4S. The van der Waals surface area contributed by atoms with Gasteiger partial charge in [0.05, 0.1) is 12.2 Å². The number of likely N-dealkylation sites (N-methyl/N-ethyl adjacent to an activating group) is 1. The number of piperazine rings is 1. The first-order chi connectivity index (χ1) is 8.81. The Morgan fingerprint density at radius 2 is 1.94 bits per heavy atom. The van der Waals surface area contributed by atoms with Crippen LogP contribution in [-0.2, 0) is 13.1 Å². The lowest BCUT2D eigenvalue weighted by atomic mass is 10.3. The lowest BCUT2D eigenvalue weighted by Crippen LogP contribution is -2.45. The van der Waals surface area contributed by atoms with Gasteiger partial charge in [-0.1, -0.05) is 13.8 Å². The van der Waals surface area contributed by atoms with Crippen molar-refractivity contribution in [3.8, 4) is 0 Å². The minimum absolute atomic E-state index is 0.899. The summed E-state index contributed by atoms with van der Waals surface area (Å²) >= 11 is 1.79. The van der Waals surface area contributed by atoms with Crippen LogP contribution in [0.2, 0.25) is 0 Å². The van der Waals surface area contributed by atoms with Crippen molar-refractivity contribution in [2.24, 2.45) is 0 Å². The first kappa shape index (κ1) is 13.9. The smallest absolute Gasteiger partial charge is 0.107 e. The maximum absolute atomic E-state index is 4.68. The molecule has 1 aliphatic heterocycles. The molecule has 0 radical (unpaired) electrons. The van der Waals surface area contributed by atoms with Crippen LogP contribution in [0.1, 0.15) is 24.5 Å². The molecule has 0 aromatic carbocycles. The molecule has 0 aliphatic carbocycles. The number of aromatic nitrogens is 1. The standard InChI is InChI=1S/C13H24N4S/c1-3-14-9-12-11-18-13(15-12)10-17-7-5-16(4-2)6-8-17/h11,14H,3-10H2,1-2H3. The van der Waals surface area contributed by atoms with Gasteiger partial charge in [-0.3, -0.25) is 4.90 Å². The van der Waals surface area contributed by atoms with Gasteiger partial charge in [-0.15, -0.1) is 11.3 Å². The van der Waals surface area contributed by atoms with Gasteiger partial charge >= 0.3 is 0 Å². The van der Waals surface area contributed by atoms with Gasteiger partial charge < -0.3 is 10.2 Å². The zero-order valence-electron chi connectivity index (χ0n) is 11.5. The summed E-state index contributed by atoms with van der Waals surface area (Å²) in [5, 5.41) is 6.76. The third-order valence-electron chi connectivity index (χ3n) is 3.43. The van der Waals surface area contributed by atoms with Crippen LogP contribution in [0, 0.1) is 0 Å². The van der Waals surface area contributed by atoms with Gasteiger partial charge in [0, 0.05) is 38.1 Å². The van der Waals surface area contributed by atoms with E-state index in [1.807, 2.05) is 0 Å². The summed E-state index contributed by atoms with van der Waals surface area (Å²) in [7, 11) is 0. The lowest BCUT2D eigenvalue weighted by Gasteiger charge is -2.33. The minimum Gasteiger partial charge on any atom is -0.311 e. The molecule has 1 aliphatic rings. The van der Waals surface area contributed by atoms with Crippen LogP contribution in [0.15, 0.2) is 5.38 Å². The molecule has 0 amide bonds. The van der Waals surface area contributed by atoms with Gasteiger partial charge in [0.25, 0.3) is 0 Å². The van der Waals surface area contributed by atoms with Gasteiger partial charge in [0.2, 0.25) is 0 Å². The van der Waals surface area contributed by atoms with Crippen molar-refractivity contribution in [3.63, 3.8) is 0 Å². The largest absolute Gasteiger partial charge is 0.311 e. The van der Waals surface area contributed by atoms with Crippen LogP contribution in [-0.4, -0.2) is 54.1 Å². The molecule has 4 nitrogen and oxygen atoms in total. The third-order valence-corrected chi connectivity index (χ3v) is 4.31. The molecule has 18 heavy (non-hydrogen) atoms. The van der Waals surface area contributed by atoms with Crippen LogP contribution in [0.4, 0.5) is 0 Å². The molecule has 2 rings (SSSR count). The van der Waals surface area contributed by atoms with Crippen LogP contribution in [0.5, 0.6) is 0 Å². The number of nitrogens with one attached hydrogen (secondary N) is 1. The molecule has 5 heteroatoms. The Bertz CT molecular complexity index is 345. The second kappa shape index (κ2) is 7.19. The summed E-state index contributed by atoms with van der Waals surface area (Å²) in [5.41, 5.74) is 1.18. The summed E-state index contributed by atoms with van der Waals surface area (Å²) in [5.74, 6) is 0. The quantitative estimate of drug-likeness (QED) is 0.845. The number of thiazole rings is 1. The van der Waals surface area contributed by atoms with E-state index in [-0.39, 0.29) is 0 Å². The molecular weight excluding hydrogens is 244 g/mol. The van der Waals surface area contributed by atoms with Crippen LogP contribution >= 0.6 is 11.3 Å². The first-order valence-corrected chi connectivity index (χ1v) is 7.78. The van der Waals surface area contributed by atoms with E-state index in [1.54, 1.807) is 11.3 Å². The van der Waals surface area contributed by atoms with E-state index < -0.39 is 0 Å². The molecule has 0 saturated carbocycles. The third kappa shape index (κ3) is 4.02. The van der Waals surface area contributed by atoms with Gasteiger partial charge in [-0.2, -0.15) is 0 Å². The highest BCUT2D eigenvalue weighted by Gasteiger charge is 2.16. The molecule has 0 unspecified atom stereocenters. The van der Waals surface area contributed by atoms with E-state index in [4.69, 9.17) is 0 Å². The Labute approximate surface area is 114 Å². The van der Waals surface area contributed by atoms with Crippen molar-refractivity contribution in [1.29, 1.82) is 0 Å². The zero-order chi connectivity index (χ0) is 12.8. The summed E-state index contributed by atoms with van der Waals surface area (Å²) in [6, 6.07) is 0. The number of rotatable bonds is 6. The Balaban J connectivity index is 1.77. The van der Waals surface area contributed by atoms with Crippen molar-refractivity contribution in [2.75, 3.05) is 39.3 Å². The van der Waals surface area contributed by atoms with Gasteiger partial charge in [0.15, 0.2) is 0 Å². The predicted octanol–water partition coefficient (Wildman–Crippen LogP) is 1.39. The van der Waals surface area contributed by atoms with E-state index in [0.29, 0.717) is 0 Å². The zero-order valence-corrected chi connectivity index (χ0v) is 12.3. The lowest BCUT2D eigenvalue weighted by molar-refractivity contribution is 0.132. The van der Waals surface area contributed by atoms with Crippen molar-refractivity contribution < 1.29 is 0 Å². The molecule has 2 heterocycles. The molecule has 0 spiro atoms. The fourth-order valence-corrected chi connectivity index (χ4v) is 3.05. The van der Waals surface area contributed by atoms with E-state index in [0.717, 1.165) is 19.6 Å². The number of hydrogen-bond acceptors (Lipinski definition) is 5. The van der Waals surface area contributed by atoms with E-state index in [1.165, 1.54) is 43.4 Å². The van der Waals surface area contributed by atoms with E-state index >= 15 is 0 Å². The number of hydrogen-bond donors (Lipinski definition) is 1. The summed E-state index contributed by atoms with van der Waals surface area (Å²) in [4.78, 5) is 9.71. The summed E-state index contributed by atoms with van der Waals surface area (Å²) in [6.07, 6.45) is 0.